The van der Waals surface area contributed by atoms with Crippen LogP contribution in [0.25, 0.3) is 0 Å². The van der Waals surface area contributed by atoms with Crippen LogP contribution < -0.4 is 5.32 Å². The first-order valence-corrected chi connectivity index (χ1v) is 10.8. The zero-order chi connectivity index (χ0) is 25.3. The number of urea groups is 1. The number of pyridine rings is 1. The lowest BCUT2D eigenvalue weighted by Crippen LogP contribution is -2.45. The average molecular weight is 506 g/mol. The number of hydrogen-bond acceptors (Lipinski definition) is 5. The Morgan fingerprint density at radius 2 is 1.91 bits per heavy atom. The van der Waals surface area contributed by atoms with Crippen molar-refractivity contribution in [2.45, 2.75) is 43.8 Å². The number of likely N-dealkylation sites (tertiary alicyclic amines) is 1. The summed E-state index contributed by atoms with van der Waals surface area (Å²) in [6.07, 6.45) is -6.27. The quantitative estimate of drug-likeness (QED) is 0.461. The summed E-state index contributed by atoms with van der Waals surface area (Å²) in [5, 5.41) is 30.5. The number of aliphatic hydroxyl groups is 3. The van der Waals surface area contributed by atoms with E-state index in [1.165, 1.54) is 17.2 Å². The maximum Gasteiger partial charge on any atom is 0.417 e. The Balaban J connectivity index is 1.65. The number of aromatic nitrogens is 1. The minimum absolute atomic E-state index is 0.0332. The van der Waals surface area contributed by atoms with Gasteiger partial charge in [-0.15, -0.1) is 0 Å². The van der Waals surface area contributed by atoms with Gasteiger partial charge in [0.05, 0.1) is 22.9 Å². The fourth-order valence-corrected chi connectivity index (χ4v) is 4.16. The molecule has 2 amide bonds. The predicted octanol–water partition coefficient (Wildman–Crippen LogP) is 3.94. The topological polar surface area (TPSA) is 106 Å². The number of carbonyl (C=O) groups excluding carboxylic acids is 1. The third-order valence-electron chi connectivity index (χ3n) is 5.79. The molecule has 2 atom stereocenters. The SMILES string of the molecule is Cc1cc([C@H](O)[C@@H](O)CO)cnc1C1(F)CCN(C(=O)Nc2ccc(C(F)(F)F)c(Cl)c2)CC1. The van der Waals surface area contributed by atoms with Crippen molar-refractivity contribution in [2.75, 3.05) is 25.0 Å². The summed E-state index contributed by atoms with van der Waals surface area (Å²) in [7, 11) is 0. The zero-order valence-corrected chi connectivity index (χ0v) is 18.9. The molecule has 0 radical (unpaired) electrons. The van der Waals surface area contributed by atoms with Crippen LogP contribution >= 0.6 is 11.6 Å². The number of piperidine rings is 1. The molecule has 1 saturated heterocycles. The van der Waals surface area contributed by atoms with Crippen molar-refractivity contribution < 1.29 is 37.7 Å². The molecule has 0 spiro atoms. The largest absolute Gasteiger partial charge is 0.417 e. The molecule has 34 heavy (non-hydrogen) atoms. The summed E-state index contributed by atoms with van der Waals surface area (Å²) in [4.78, 5) is 18.0. The van der Waals surface area contributed by atoms with Gasteiger partial charge in [-0.3, -0.25) is 4.98 Å². The van der Waals surface area contributed by atoms with Crippen molar-refractivity contribution in [1.29, 1.82) is 0 Å². The standard InChI is InChI=1S/C22H24ClF4N3O4/c1-12-8-13(18(33)17(32)11-31)10-28-19(12)21(24)4-6-30(7-5-21)20(34)29-14-2-3-15(16(23)9-14)22(25,26)27/h2-3,8-10,17-18,31-33H,4-7,11H2,1H3,(H,29,34)/t17-,18-/m0/s1. The number of nitrogens with zero attached hydrogens (tertiary/aromatic N) is 2. The number of aliphatic hydroxyl groups excluding tert-OH is 3. The van der Waals surface area contributed by atoms with Crippen LogP contribution in [0.15, 0.2) is 30.5 Å². The number of hydrogen-bond donors (Lipinski definition) is 4. The Hall–Kier alpha value is -2.47. The van der Waals surface area contributed by atoms with E-state index in [0.29, 0.717) is 5.56 Å². The number of anilines is 1. The second kappa shape index (κ2) is 10.0. The Labute approximate surface area is 198 Å². The first-order valence-electron chi connectivity index (χ1n) is 10.4. The molecule has 0 unspecified atom stereocenters. The van der Waals surface area contributed by atoms with Crippen LogP contribution in [0.3, 0.4) is 0 Å². The zero-order valence-electron chi connectivity index (χ0n) is 18.1. The Kier molecular flexibility index (Phi) is 7.71. The smallest absolute Gasteiger partial charge is 0.394 e. The first kappa shape index (κ1) is 26.1. The molecular weight excluding hydrogens is 482 g/mol. The van der Waals surface area contributed by atoms with Crippen molar-refractivity contribution in [3.63, 3.8) is 0 Å². The molecule has 2 aromatic rings. The van der Waals surface area contributed by atoms with E-state index in [2.05, 4.69) is 10.3 Å². The van der Waals surface area contributed by atoms with Gasteiger partial charge in [-0.1, -0.05) is 11.6 Å². The Morgan fingerprint density at radius 3 is 2.44 bits per heavy atom. The normalized spacial score (nSPS) is 17.9. The van der Waals surface area contributed by atoms with Crippen LogP contribution in [-0.4, -0.2) is 57.0 Å². The molecule has 1 aliphatic rings. The van der Waals surface area contributed by atoms with Crippen molar-refractivity contribution in [1.82, 2.24) is 9.88 Å². The Bertz CT molecular complexity index is 1050. The van der Waals surface area contributed by atoms with Crippen LogP contribution in [0.1, 0.15) is 41.3 Å². The number of rotatable bonds is 5. The number of alkyl halides is 4. The molecule has 3 rings (SSSR count). The first-order chi connectivity index (χ1) is 15.9. The van der Waals surface area contributed by atoms with E-state index in [4.69, 9.17) is 16.7 Å². The number of nitrogens with one attached hydrogen (secondary N) is 1. The van der Waals surface area contributed by atoms with Gasteiger partial charge < -0.3 is 25.5 Å². The molecule has 0 aliphatic carbocycles. The Morgan fingerprint density at radius 1 is 1.26 bits per heavy atom. The molecule has 4 N–H and O–H groups in total. The molecule has 7 nitrogen and oxygen atoms in total. The minimum atomic E-state index is -4.61. The van der Waals surface area contributed by atoms with Gasteiger partial charge in [0, 0.05) is 43.4 Å². The van der Waals surface area contributed by atoms with Gasteiger partial charge in [-0.05, 0) is 36.8 Å². The highest BCUT2D eigenvalue weighted by Crippen LogP contribution is 2.39. The summed E-state index contributed by atoms with van der Waals surface area (Å²) in [5.41, 5.74) is -1.94. The number of amides is 2. The van der Waals surface area contributed by atoms with Crippen LogP contribution in [0.4, 0.5) is 28.0 Å². The number of benzene rings is 1. The van der Waals surface area contributed by atoms with Gasteiger partial charge in [0.15, 0.2) is 5.67 Å². The van der Waals surface area contributed by atoms with E-state index in [1.54, 1.807) is 6.92 Å². The molecule has 2 heterocycles. The fraction of sp³-hybridized carbons (Fsp3) is 0.455. The maximum atomic E-state index is 15.7. The van der Waals surface area contributed by atoms with E-state index in [9.17, 15) is 28.2 Å². The maximum absolute atomic E-state index is 15.7. The van der Waals surface area contributed by atoms with Crippen molar-refractivity contribution in [2.24, 2.45) is 0 Å². The van der Waals surface area contributed by atoms with Crippen LogP contribution in [0.5, 0.6) is 0 Å². The summed E-state index contributed by atoms with van der Waals surface area (Å²) in [5.74, 6) is 0. The number of halogens is 5. The molecule has 1 aromatic carbocycles. The van der Waals surface area contributed by atoms with Gasteiger partial charge in [0.1, 0.15) is 12.2 Å². The van der Waals surface area contributed by atoms with Gasteiger partial charge in [0.2, 0.25) is 0 Å². The average Bonchev–Trinajstić information content (AvgIpc) is 2.77. The second-order valence-electron chi connectivity index (χ2n) is 8.20. The molecular formula is C22H24ClF4N3O4. The van der Waals surface area contributed by atoms with Gasteiger partial charge >= 0.3 is 12.2 Å². The van der Waals surface area contributed by atoms with Gasteiger partial charge in [-0.25, -0.2) is 9.18 Å². The van der Waals surface area contributed by atoms with Crippen molar-refractivity contribution >= 4 is 23.3 Å². The third-order valence-corrected chi connectivity index (χ3v) is 6.10. The van der Waals surface area contributed by atoms with E-state index >= 15 is 4.39 Å². The summed E-state index contributed by atoms with van der Waals surface area (Å²) < 4.78 is 54.2. The summed E-state index contributed by atoms with van der Waals surface area (Å²) in [6.45, 7) is 1.03. The molecule has 1 fully saturated rings. The highest BCUT2D eigenvalue weighted by molar-refractivity contribution is 6.31. The van der Waals surface area contributed by atoms with Crippen molar-refractivity contribution in [3.05, 3.63) is 57.9 Å². The predicted molar refractivity (Wildman–Crippen MR) is 116 cm³/mol. The van der Waals surface area contributed by atoms with Gasteiger partial charge in [0.25, 0.3) is 0 Å². The van der Waals surface area contributed by atoms with Gasteiger partial charge in [-0.2, -0.15) is 13.2 Å². The molecule has 186 valence electrons. The van der Waals surface area contributed by atoms with Crippen LogP contribution in [0.2, 0.25) is 5.02 Å². The molecule has 1 aliphatic heterocycles. The third kappa shape index (κ3) is 5.60. The summed E-state index contributed by atoms with van der Waals surface area (Å²) >= 11 is 5.68. The second-order valence-corrected chi connectivity index (χ2v) is 8.61. The number of carbonyl (C=O) groups is 1. The van der Waals surface area contributed by atoms with E-state index in [1.807, 2.05) is 0 Å². The molecule has 1 aromatic heterocycles. The summed E-state index contributed by atoms with van der Waals surface area (Å²) in [6, 6.07) is 3.75. The van der Waals surface area contributed by atoms with E-state index < -0.39 is 47.3 Å². The number of aryl methyl sites for hydroxylation is 1. The van der Waals surface area contributed by atoms with Crippen LogP contribution in [-0.2, 0) is 11.8 Å². The van der Waals surface area contributed by atoms with E-state index in [-0.39, 0.29) is 42.9 Å². The lowest BCUT2D eigenvalue weighted by molar-refractivity contribution is -0.137. The lowest BCUT2D eigenvalue weighted by Gasteiger charge is -2.36. The van der Waals surface area contributed by atoms with Crippen LogP contribution in [0, 0.1) is 6.92 Å². The lowest BCUT2D eigenvalue weighted by atomic mass is 9.87. The van der Waals surface area contributed by atoms with Crippen molar-refractivity contribution in [3.8, 4) is 0 Å². The molecule has 0 bridgehead atoms. The monoisotopic (exact) mass is 505 g/mol. The molecule has 0 saturated carbocycles. The fourth-order valence-electron chi connectivity index (χ4n) is 3.88. The minimum Gasteiger partial charge on any atom is -0.394 e. The highest BCUT2D eigenvalue weighted by Gasteiger charge is 2.40. The highest BCUT2D eigenvalue weighted by atomic mass is 35.5. The molecule has 12 heteroatoms. The van der Waals surface area contributed by atoms with E-state index in [0.717, 1.165) is 18.2 Å².